The van der Waals surface area contributed by atoms with Crippen molar-refractivity contribution in [1.82, 2.24) is 15.1 Å². The molecular formula is C27H38BrN3O4. The van der Waals surface area contributed by atoms with Gasteiger partial charge in [0.25, 0.3) is 0 Å². The van der Waals surface area contributed by atoms with Crippen LogP contribution in [0, 0.1) is 0 Å². The highest BCUT2D eigenvalue weighted by molar-refractivity contribution is 9.10. The molecule has 0 aromatic heterocycles. The van der Waals surface area contributed by atoms with E-state index in [1.165, 1.54) is 6.42 Å². The summed E-state index contributed by atoms with van der Waals surface area (Å²) in [6.07, 6.45) is 14.6. The Kier molecular flexibility index (Phi) is 11.8. The zero-order valence-corrected chi connectivity index (χ0v) is 22.0. The van der Waals surface area contributed by atoms with Crippen molar-refractivity contribution < 1.29 is 19.4 Å². The van der Waals surface area contributed by atoms with E-state index in [2.05, 4.69) is 32.2 Å². The minimum atomic E-state index is -0.729. The molecule has 3 rings (SSSR count). The number of carbonyl (C=O) groups excluding carboxylic acids is 2. The van der Waals surface area contributed by atoms with Gasteiger partial charge in [0.15, 0.2) is 0 Å². The third-order valence-corrected chi connectivity index (χ3v) is 6.98. The van der Waals surface area contributed by atoms with Crippen LogP contribution in [-0.4, -0.2) is 72.2 Å². The van der Waals surface area contributed by atoms with Gasteiger partial charge in [-0.25, -0.2) is 0 Å². The third-order valence-electron chi connectivity index (χ3n) is 6.45. The Labute approximate surface area is 217 Å². The molecular weight excluding hydrogens is 510 g/mol. The summed E-state index contributed by atoms with van der Waals surface area (Å²) in [5, 5.41) is 12.3. The molecule has 1 atom stereocenters. The minimum Gasteiger partial charge on any atom is -0.394 e. The normalized spacial score (nSPS) is 16.8. The second-order valence-electron chi connectivity index (χ2n) is 9.09. The van der Waals surface area contributed by atoms with E-state index >= 15 is 0 Å². The van der Waals surface area contributed by atoms with Crippen molar-refractivity contribution in [2.45, 2.75) is 57.0 Å². The first-order valence-corrected chi connectivity index (χ1v) is 13.5. The number of hydrogen-bond acceptors (Lipinski definition) is 5. The number of allylic oxidation sites excluding steroid dienone is 2. The van der Waals surface area contributed by atoms with Crippen LogP contribution in [0.2, 0.25) is 0 Å². The highest BCUT2D eigenvalue weighted by Crippen LogP contribution is 2.26. The van der Waals surface area contributed by atoms with Gasteiger partial charge in [-0.05, 0) is 49.2 Å². The molecule has 0 radical (unpaired) electrons. The summed E-state index contributed by atoms with van der Waals surface area (Å²) in [5.41, 5.74) is 0.779. The van der Waals surface area contributed by atoms with Crippen LogP contribution in [0.4, 0.5) is 0 Å². The number of aliphatic hydroxyl groups excluding tert-OH is 1. The second kappa shape index (κ2) is 15.1. The molecule has 1 unspecified atom stereocenters. The van der Waals surface area contributed by atoms with Crippen LogP contribution in [0.5, 0.6) is 0 Å². The number of amides is 2. The average molecular weight is 549 g/mol. The fraction of sp³-hybridized carbons (Fsp3) is 0.556. The molecule has 7 nitrogen and oxygen atoms in total. The molecule has 192 valence electrons. The Morgan fingerprint density at radius 3 is 2.60 bits per heavy atom. The Hall–Kier alpha value is -2.16. The van der Waals surface area contributed by atoms with Crippen molar-refractivity contribution in [2.24, 2.45) is 0 Å². The van der Waals surface area contributed by atoms with Gasteiger partial charge in [0.05, 0.1) is 19.8 Å². The first-order chi connectivity index (χ1) is 17.1. The zero-order chi connectivity index (χ0) is 24.9. The predicted molar refractivity (Wildman–Crippen MR) is 141 cm³/mol. The number of nitrogens with one attached hydrogen (secondary N) is 1. The number of ether oxygens (including phenoxy) is 1. The Morgan fingerprint density at radius 1 is 1.14 bits per heavy atom. The summed E-state index contributed by atoms with van der Waals surface area (Å²) >= 11 is 3.47. The molecule has 0 bridgehead atoms. The minimum absolute atomic E-state index is 0.0687. The van der Waals surface area contributed by atoms with Gasteiger partial charge in [0.1, 0.15) is 6.04 Å². The lowest BCUT2D eigenvalue weighted by molar-refractivity contribution is -0.142. The Bertz CT molecular complexity index is 852. The van der Waals surface area contributed by atoms with Gasteiger partial charge in [-0.1, -0.05) is 59.5 Å². The van der Waals surface area contributed by atoms with Crippen molar-refractivity contribution in [3.8, 4) is 0 Å². The van der Waals surface area contributed by atoms with Crippen LogP contribution < -0.4 is 5.32 Å². The van der Waals surface area contributed by atoms with E-state index in [9.17, 15) is 9.59 Å². The smallest absolute Gasteiger partial charge is 0.247 e. The summed E-state index contributed by atoms with van der Waals surface area (Å²) in [6.45, 7) is 2.28. The number of halogens is 1. The first kappa shape index (κ1) is 27.4. The number of aliphatic hydroxyl groups is 1. The topological polar surface area (TPSA) is 82.1 Å². The zero-order valence-electron chi connectivity index (χ0n) is 20.4. The van der Waals surface area contributed by atoms with Gasteiger partial charge in [0, 0.05) is 36.6 Å². The van der Waals surface area contributed by atoms with E-state index in [0.717, 1.165) is 48.8 Å². The molecule has 1 aromatic rings. The molecule has 1 fully saturated rings. The Balaban J connectivity index is 1.75. The highest BCUT2D eigenvalue weighted by Gasteiger charge is 2.32. The largest absolute Gasteiger partial charge is 0.394 e. The number of carbonyl (C=O) groups is 2. The lowest BCUT2D eigenvalue weighted by Gasteiger charge is -2.33. The van der Waals surface area contributed by atoms with Crippen molar-refractivity contribution in [3.05, 3.63) is 58.7 Å². The summed E-state index contributed by atoms with van der Waals surface area (Å²) in [5.74, 6) is -0.209. The van der Waals surface area contributed by atoms with E-state index in [-0.39, 0.29) is 44.2 Å². The molecule has 35 heavy (non-hydrogen) atoms. The van der Waals surface area contributed by atoms with Gasteiger partial charge in [0.2, 0.25) is 11.8 Å². The van der Waals surface area contributed by atoms with Crippen molar-refractivity contribution in [2.75, 3.05) is 39.5 Å². The fourth-order valence-corrected chi connectivity index (χ4v) is 4.89. The quantitative estimate of drug-likeness (QED) is 0.365. The van der Waals surface area contributed by atoms with Gasteiger partial charge >= 0.3 is 0 Å². The molecule has 2 aliphatic rings. The van der Waals surface area contributed by atoms with Crippen molar-refractivity contribution in [3.63, 3.8) is 0 Å². The number of nitrogens with zero attached hydrogens (tertiary/aromatic N) is 2. The molecule has 2 amide bonds. The molecule has 8 heteroatoms. The standard InChI is InChI=1S/C27H38BrN3O4/c28-23-13-11-22(12-14-23)26(27(34)29-24-8-3-1-4-9-24)31(18-20-35-21-19-32)25(33)10-7-17-30-15-5-2-6-16-30/h2,5-6,11-15,24,26,32H,1,3-4,7-10,16-21H2,(H,29,34). The number of rotatable bonds is 13. The molecule has 1 aromatic carbocycles. The lowest BCUT2D eigenvalue weighted by atomic mass is 9.94. The molecule has 0 saturated heterocycles. The monoisotopic (exact) mass is 547 g/mol. The van der Waals surface area contributed by atoms with E-state index in [4.69, 9.17) is 9.84 Å². The summed E-state index contributed by atoms with van der Waals surface area (Å²) in [7, 11) is 0. The van der Waals surface area contributed by atoms with Gasteiger partial charge < -0.3 is 25.0 Å². The van der Waals surface area contributed by atoms with E-state index in [1.807, 2.05) is 42.6 Å². The van der Waals surface area contributed by atoms with Gasteiger partial charge in [-0.2, -0.15) is 0 Å². The first-order valence-electron chi connectivity index (χ1n) is 12.7. The lowest BCUT2D eigenvalue weighted by Crippen LogP contribution is -2.48. The van der Waals surface area contributed by atoms with E-state index < -0.39 is 6.04 Å². The van der Waals surface area contributed by atoms with Crippen LogP contribution in [0.15, 0.2) is 53.2 Å². The fourth-order valence-electron chi connectivity index (χ4n) is 4.62. The van der Waals surface area contributed by atoms with Crippen molar-refractivity contribution in [1.29, 1.82) is 0 Å². The van der Waals surface area contributed by atoms with Crippen LogP contribution in [0.3, 0.4) is 0 Å². The Morgan fingerprint density at radius 2 is 1.91 bits per heavy atom. The summed E-state index contributed by atoms with van der Waals surface area (Å²) < 4.78 is 6.41. The molecule has 1 heterocycles. The van der Waals surface area contributed by atoms with Crippen LogP contribution in [0.25, 0.3) is 0 Å². The molecule has 1 saturated carbocycles. The maximum Gasteiger partial charge on any atom is 0.247 e. The van der Waals surface area contributed by atoms with E-state index in [0.29, 0.717) is 12.8 Å². The molecule has 2 N–H and O–H groups in total. The molecule has 0 spiro atoms. The maximum absolute atomic E-state index is 13.6. The predicted octanol–water partition coefficient (Wildman–Crippen LogP) is 3.94. The summed E-state index contributed by atoms with van der Waals surface area (Å²) in [6, 6.07) is 7.02. The van der Waals surface area contributed by atoms with Gasteiger partial charge in [-0.3, -0.25) is 9.59 Å². The second-order valence-corrected chi connectivity index (χ2v) is 10.0. The molecule has 1 aliphatic carbocycles. The average Bonchev–Trinajstić information content (AvgIpc) is 2.88. The highest BCUT2D eigenvalue weighted by atomic mass is 79.9. The maximum atomic E-state index is 13.6. The van der Waals surface area contributed by atoms with Crippen LogP contribution in [-0.2, 0) is 14.3 Å². The van der Waals surface area contributed by atoms with E-state index in [1.54, 1.807) is 4.90 Å². The number of benzene rings is 1. The van der Waals surface area contributed by atoms with Gasteiger partial charge in [-0.15, -0.1) is 0 Å². The van der Waals surface area contributed by atoms with Crippen LogP contribution >= 0.6 is 15.9 Å². The third kappa shape index (κ3) is 9.09. The molecule has 1 aliphatic heterocycles. The SMILES string of the molecule is O=C(NC1CCCCC1)C(c1ccc(Br)cc1)N(CCOCCO)C(=O)CCCN1C=CC=CC1. The summed E-state index contributed by atoms with van der Waals surface area (Å²) in [4.78, 5) is 31.0. The number of hydrogen-bond donors (Lipinski definition) is 2. The van der Waals surface area contributed by atoms with Crippen LogP contribution in [0.1, 0.15) is 56.6 Å². The van der Waals surface area contributed by atoms with Crippen molar-refractivity contribution >= 4 is 27.7 Å².